The highest BCUT2D eigenvalue weighted by molar-refractivity contribution is 7.91. The highest BCUT2D eigenvalue weighted by Gasteiger charge is 2.61. The van der Waals surface area contributed by atoms with Crippen molar-refractivity contribution in [1.82, 2.24) is 0 Å². The third-order valence-corrected chi connectivity index (χ3v) is 6.91. The van der Waals surface area contributed by atoms with Crippen molar-refractivity contribution in [1.29, 1.82) is 0 Å². The van der Waals surface area contributed by atoms with Gasteiger partial charge in [-0.15, -0.1) is 4.40 Å². The van der Waals surface area contributed by atoms with E-state index < -0.39 is 37.5 Å². The smallest absolute Gasteiger partial charge is 0.323 e. The summed E-state index contributed by atoms with van der Waals surface area (Å²) >= 11 is 0. The number of benzene rings is 2. The second-order valence-corrected chi connectivity index (χ2v) is 8.57. The topological polar surface area (TPSA) is 165 Å². The summed E-state index contributed by atoms with van der Waals surface area (Å²) in [6.07, 6.45) is 0.266. The van der Waals surface area contributed by atoms with Crippen LogP contribution in [0.1, 0.15) is 18.4 Å². The number of non-ortho nitro benzene ring substituents is 1. The van der Waals surface area contributed by atoms with Gasteiger partial charge in [-0.05, 0) is 41.0 Å². The van der Waals surface area contributed by atoms with Crippen LogP contribution in [0.15, 0.2) is 79.7 Å². The molecule has 2 aliphatic rings. The molecule has 1 aliphatic heterocycles. The third-order valence-electron chi connectivity index (χ3n) is 5.14. The third kappa shape index (κ3) is 3.70. The Morgan fingerprint density at radius 1 is 1.10 bits per heavy atom. The molecule has 1 saturated carbocycles. The van der Waals surface area contributed by atoms with E-state index in [0.717, 1.165) is 0 Å². The maximum absolute atomic E-state index is 13.3. The minimum atomic E-state index is -4.28. The summed E-state index contributed by atoms with van der Waals surface area (Å²) in [4.78, 5) is 23.7. The lowest BCUT2D eigenvalue weighted by Gasteiger charge is -2.45. The van der Waals surface area contributed by atoms with E-state index >= 15 is 0 Å². The highest BCUT2D eigenvalue weighted by atomic mass is 32.2. The van der Waals surface area contributed by atoms with Crippen molar-refractivity contribution in [2.75, 3.05) is 0 Å². The number of ether oxygens (including phenoxy) is 1. The van der Waals surface area contributed by atoms with Crippen molar-refractivity contribution in [3.63, 3.8) is 0 Å². The first-order valence-electron chi connectivity index (χ1n) is 9.01. The first-order valence-corrected chi connectivity index (χ1v) is 10.5. The number of hydrogen-bond acceptors (Lipinski definition) is 8. The SMILES string of the molecule is O=C(Oc1ccccc1)C1(c2ccc([N+](=O)[O-])cc2)CCC1S(=O)(=O)N=C1N=NN=N1. The molecule has 0 spiro atoms. The number of nitrogens with zero attached hydrogens (tertiary/aromatic N) is 6. The van der Waals surface area contributed by atoms with E-state index in [1.165, 1.54) is 24.3 Å². The number of sulfonamides is 1. The summed E-state index contributed by atoms with van der Waals surface area (Å²) in [7, 11) is -4.28. The molecule has 2 aromatic carbocycles. The Morgan fingerprint density at radius 3 is 2.29 bits per heavy atom. The molecule has 158 valence electrons. The summed E-state index contributed by atoms with van der Waals surface area (Å²) in [5.74, 6) is -1.01. The number of rotatable bonds is 6. The van der Waals surface area contributed by atoms with Crippen LogP contribution in [0.5, 0.6) is 5.75 Å². The molecule has 12 nitrogen and oxygen atoms in total. The fraction of sp³-hybridized carbons (Fsp3) is 0.222. The summed E-state index contributed by atoms with van der Waals surface area (Å²) in [5.41, 5.74) is -1.53. The zero-order chi connectivity index (χ0) is 22.1. The Kier molecular flexibility index (Phi) is 5.10. The molecule has 4 rings (SSSR count). The molecule has 13 heteroatoms. The van der Waals surface area contributed by atoms with Gasteiger partial charge in [0.05, 0.1) is 4.92 Å². The molecular formula is C18H14N6O6S. The number of nitro groups is 1. The van der Waals surface area contributed by atoms with Crippen molar-refractivity contribution < 1.29 is 22.9 Å². The Labute approximate surface area is 175 Å². The quantitative estimate of drug-likeness (QED) is 0.288. The van der Waals surface area contributed by atoms with E-state index in [1.54, 1.807) is 30.3 Å². The van der Waals surface area contributed by atoms with Crippen LogP contribution < -0.4 is 4.74 Å². The van der Waals surface area contributed by atoms with Crippen molar-refractivity contribution in [2.24, 2.45) is 25.1 Å². The molecular weight excluding hydrogens is 428 g/mol. The maximum Gasteiger partial charge on any atom is 0.323 e. The minimum Gasteiger partial charge on any atom is -0.426 e. The van der Waals surface area contributed by atoms with Gasteiger partial charge in [0.1, 0.15) is 16.4 Å². The number of carbonyl (C=O) groups excluding carboxylic acids is 1. The van der Waals surface area contributed by atoms with E-state index in [-0.39, 0.29) is 29.8 Å². The van der Waals surface area contributed by atoms with Crippen molar-refractivity contribution in [3.05, 3.63) is 70.3 Å². The van der Waals surface area contributed by atoms with Crippen LogP contribution in [0.25, 0.3) is 0 Å². The molecule has 1 aliphatic carbocycles. The molecule has 0 saturated heterocycles. The predicted molar refractivity (Wildman–Crippen MR) is 106 cm³/mol. The number of para-hydroxylation sites is 1. The van der Waals surface area contributed by atoms with E-state index in [2.05, 4.69) is 25.1 Å². The summed E-state index contributed by atoms with van der Waals surface area (Å²) < 4.78 is 35.0. The second kappa shape index (κ2) is 7.75. The number of esters is 1. The normalized spacial score (nSPS) is 22.1. The van der Waals surface area contributed by atoms with Crippen molar-refractivity contribution in [2.45, 2.75) is 23.5 Å². The van der Waals surface area contributed by atoms with Crippen LogP contribution in [0.2, 0.25) is 0 Å². The Bertz CT molecular complexity index is 1210. The fourth-order valence-electron chi connectivity index (χ4n) is 3.56. The first kappa shape index (κ1) is 20.4. The standard InChI is InChI=1S/C18H14N6O6S/c25-16(30-14-4-2-1-3-5-14)18(12-6-8-13(9-7-12)24(26)27)11-10-15(18)31(28,29)21-17-19-22-23-20-17/h1-9,15H,10-11H2. The van der Waals surface area contributed by atoms with Gasteiger partial charge in [0.15, 0.2) is 0 Å². The molecule has 0 aromatic heterocycles. The van der Waals surface area contributed by atoms with Crippen LogP contribution in [-0.2, 0) is 20.2 Å². The Balaban J connectivity index is 1.76. The Morgan fingerprint density at radius 2 is 1.74 bits per heavy atom. The van der Waals surface area contributed by atoms with Gasteiger partial charge >= 0.3 is 11.9 Å². The average Bonchev–Trinajstić information content (AvgIpc) is 3.20. The molecule has 2 atom stereocenters. The van der Waals surface area contributed by atoms with Gasteiger partial charge < -0.3 is 4.74 Å². The minimum absolute atomic E-state index is 0.119. The molecule has 1 heterocycles. The van der Waals surface area contributed by atoms with E-state index in [9.17, 15) is 23.3 Å². The van der Waals surface area contributed by atoms with Crippen LogP contribution in [-0.4, -0.2) is 30.5 Å². The van der Waals surface area contributed by atoms with Crippen LogP contribution in [0.4, 0.5) is 5.69 Å². The molecule has 0 N–H and O–H groups in total. The van der Waals surface area contributed by atoms with Crippen LogP contribution in [0.3, 0.4) is 0 Å². The first-order chi connectivity index (χ1) is 14.8. The molecule has 0 amide bonds. The van der Waals surface area contributed by atoms with Crippen molar-refractivity contribution in [3.8, 4) is 5.75 Å². The van der Waals surface area contributed by atoms with Crippen molar-refractivity contribution >= 4 is 27.6 Å². The number of hydrogen-bond donors (Lipinski definition) is 0. The number of carbonyl (C=O) groups is 1. The van der Waals surface area contributed by atoms with E-state index in [4.69, 9.17) is 4.74 Å². The summed E-state index contributed by atoms with van der Waals surface area (Å²) in [6.45, 7) is 0. The highest BCUT2D eigenvalue weighted by Crippen LogP contribution is 2.49. The zero-order valence-corrected chi connectivity index (χ0v) is 16.5. The summed E-state index contributed by atoms with van der Waals surface area (Å²) in [6, 6.07) is 13.3. The molecule has 2 aromatic rings. The lowest BCUT2D eigenvalue weighted by molar-refractivity contribution is -0.384. The van der Waals surface area contributed by atoms with Gasteiger partial charge in [-0.25, -0.2) is 8.42 Å². The largest absolute Gasteiger partial charge is 0.426 e. The number of guanidine groups is 1. The predicted octanol–water partition coefficient (Wildman–Crippen LogP) is 3.12. The van der Waals surface area contributed by atoms with E-state index in [1.807, 2.05) is 0 Å². The number of nitro benzene ring substituents is 1. The van der Waals surface area contributed by atoms with Crippen LogP contribution >= 0.6 is 0 Å². The van der Waals surface area contributed by atoms with Gasteiger partial charge in [0, 0.05) is 12.1 Å². The van der Waals surface area contributed by atoms with Gasteiger partial charge in [0.25, 0.3) is 15.7 Å². The van der Waals surface area contributed by atoms with Gasteiger partial charge in [-0.1, -0.05) is 40.6 Å². The molecule has 31 heavy (non-hydrogen) atoms. The van der Waals surface area contributed by atoms with Crippen LogP contribution in [0, 0.1) is 10.1 Å². The van der Waals surface area contributed by atoms with Gasteiger partial charge in [-0.3, -0.25) is 14.9 Å². The van der Waals surface area contributed by atoms with E-state index in [0.29, 0.717) is 0 Å². The molecule has 2 unspecified atom stereocenters. The monoisotopic (exact) mass is 442 g/mol. The fourth-order valence-corrected chi connectivity index (χ4v) is 5.26. The van der Waals surface area contributed by atoms with Gasteiger partial charge in [0.2, 0.25) is 0 Å². The molecule has 1 fully saturated rings. The lowest BCUT2D eigenvalue weighted by atomic mass is 9.64. The zero-order valence-electron chi connectivity index (χ0n) is 15.7. The summed E-state index contributed by atoms with van der Waals surface area (Å²) in [5, 5.41) is 22.9. The molecule has 0 bridgehead atoms. The maximum atomic E-state index is 13.3. The lowest BCUT2D eigenvalue weighted by Crippen LogP contribution is -2.59. The van der Waals surface area contributed by atoms with Gasteiger partial charge in [-0.2, -0.15) is 0 Å². The Hall–Kier alpha value is -3.87. The average molecular weight is 442 g/mol. The molecule has 0 radical (unpaired) electrons. The second-order valence-electron chi connectivity index (χ2n) is 6.79.